The average Bonchev–Trinajstić information content (AvgIpc) is 2.91. The lowest BCUT2D eigenvalue weighted by molar-refractivity contribution is -0.384. The second kappa shape index (κ2) is 12.5. The average molecular weight is 583 g/mol. The Morgan fingerprint density at radius 3 is 1.77 bits per heavy atom. The quantitative estimate of drug-likeness (QED) is 0.129. The standard InChI is InChI=1S/C31H38N2O5S2/c1-8-24(25-14-16-27(17-15-25)33(34)35)20-39(36,28-12-10-9-11-13-28)32-40(37,38)31-29(22(4)5)18-26(21(2)3)19-30(31)23(6)7/h8-19,21-24H,1,20H2,2-7H3/t24-,39+/m1/s1. The van der Waals surface area contributed by atoms with Gasteiger partial charge in [-0.1, -0.05) is 90.1 Å². The van der Waals surface area contributed by atoms with Crippen LogP contribution in [0.3, 0.4) is 0 Å². The zero-order valence-corrected chi connectivity index (χ0v) is 25.5. The fourth-order valence-electron chi connectivity index (χ4n) is 4.57. The number of allylic oxidation sites excluding steroid dienone is 1. The Morgan fingerprint density at radius 1 is 0.825 bits per heavy atom. The molecule has 0 N–H and O–H groups in total. The first-order chi connectivity index (χ1) is 18.7. The van der Waals surface area contributed by atoms with Crippen LogP contribution in [0.5, 0.6) is 0 Å². The van der Waals surface area contributed by atoms with Gasteiger partial charge in [-0.15, -0.1) is 10.3 Å². The highest BCUT2D eigenvalue weighted by molar-refractivity contribution is 8.03. The van der Waals surface area contributed by atoms with Gasteiger partial charge in [0.05, 0.1) is 19.5 Å². The van der Waals surface area contributed by atoms with Gasteiger partial charge in [0.25, 0.3) is 15.7 Å². The van der Waals surface area contributed by atoms with Crippen LogP contribution < -0.4 is 0 Å². The molecule has 0 aromatic heterocycles. The van der Waals surface area contributed by atoms with Crippen molar-refractivity contribution < 1.29 is 17.6 Å². The van der Waals surface area contributed by atoms with Crippen molar-refractivity contribution in [1.29, 1.82) is 0 Å². The van der Waals surface area contributed by atoms with E-state index in [2.05, 4.69) is 24.2 Å². The van der Waals surface area contributed by atoms with Gasteiger partial charge in [0.15, 0.2) is 0 Å². The molecule has 7 nitrogen and oxygen atoms in total. The molecule has 3 aromatic rings. The Kier molecular flexibility index (Phi) is 9.74. The molecule has 3 rings (SSSR count). The minimum atomic E-state index is -4.39. The van der Waals surface area contributed by atoms with E-state index < -0.39 is 30.6 Å². The number of non-ortho nitro benzene ring substituents is 1. The molecular formula is C31H38N2O5S2. The summed E-state index contributed by atoms with van der Waals surface area (Å²) in [6.45, 7) is 15.8. The van der Waals surface area contributed by atoms with E-state index >= 15 is 0 Å². The Balaban J connectivity index is 2.29. The Bertz CT molecular complexity index is 1570. The molecule has 0 fully saturated rings. The highest BCUT2D eigenvalue weighted by Crippen LogP contribution is 2.37. The first-order valence-electron chi connectivity index (χ1n) is 13.3. The van der Waals surface area contributed by atoms with Gasteiger partial charge in [0, 0.05) is 28.7 Å². The van der Waals surface area contributed by atoms with Crippen molar-refractivity contribution in [2.24, 2.45) is 3.77 Å². The lowest BCUT2D eigenvalue weighted by Crippen LogP contribution is -2.18. The second-order valence-electron chi connectivity index (χ2n) is 10.9. The smallest absolute Gasteiger partial charge is 0.258 e. The molecule has 9 heteroatoms. The van der Waals surface area contributed by atoms with Gasteiger partial charge in [-0.2, -0.15) is 8.42 Å². The predicted octanol–water partition coefficient (Wildman–Crippen LogP) is 8.15. The summed E-state index contributed by atoms with van der Waals surface area (Å²) in [7, 11) is -7.93. The number of sulfonamides is 1. The number of hydrogen-bond acceptors (Lipinski definition) is 5. The van der Waals surface area contributed by atoms with Gasteiger partial charge in [0.2, 0.25) is 0 Å². The number of nitro benzene ring substituents is 1. The lowest BCUT2D eigenvalue weighted by atomic mass is 9.89. The van der Waals surface area contributed by atoms with Crippen LogP contribution in [0.25, 0.3) is 0 Å². The maximum atomic E-state index is 14.7. The largest absolute Gasteiger partial charge is 0.290 e. The van der Waals surface area contributed by atoms with Crippen molar-refractivity contribution >= 4 is 25.4 Å². The normalized spacial score (nSPS) is 14.2. The SMILES string of the molecule is C=C[C@H](C[S@@](=O)(=NS(=O)(=O)c1c(C(C)C)cc(C(C)C)cc1C(C)C)c1ccccc1)c1ccc([N+](=O)[O-])cc1. The molecule has 0 amide bonds. The van der Waals surface area contributed by atoms with E-state index in [0.29, 0.717) is 21.6 Å². The highest BCUT2D eigenvalue weighted by atomic mass is 32.3. The third-order valence-electron chi connectivity index (χ3n) is 6.89. The molecule has 0 bridgehead atoms. The summed E-state index contributed by atoms with van der Waals surface area (Å²) in [4.78, 5) is 11.0. The minimum Gasteiger partial charge on any atom is -0.258 e. The van der Waals surface area contributed by atoms with E-state index in [4.69, 9.17) is 0 Å². The molecule has 0 aliphatic heterocycles. The van der Waals surface area contributed by atoms with Crippen molar-refractivity contribution in [3.63, 3.8) is 0 Å². The minimum absolute atomic E-state index is 0.0742. The van der Waals surface area contributed by atoms with E-state index in [0.717, 1.165) is 5.56 Å². The Hall–Kier alpha value is -3.30. The molecule has 2 atom stereocenters. The lowest BCUT2D eigenvalue weighted by Gasteiger charge is -2.22. The van der Waals surface area contributed by atoms with E-state index in [1.54, 1.807) is 48.5 Å². The molecule has 0 spiro atoms. The Labute approximate surface area is 238 Å². The van der Waals surface area contributed by atoms with E-state index in [1.807, 2.05) is 39.8 Å². The first kappa shape index (κ1) is 31.2. The van der Waals surface area contributed by atoms with Crippen molar-refractivity contribution in [1.82, 2.24) is 0 Å². The van der Waals surface area contributed by atoms with Gasteiger partial charge < -0.3 is 0 Å². The van der Waals surface area contributed by atoms with Crippen molar-refractivity contribution in [2.75, 3.05) is 5.75 Å². The molecule has 0 unspecified atom stereocenters. The first-order valence-corrected chi connectivity index (χ1v) is 16.4. The maximum absolute atomic E-state index is 14.7. The zero-order chi connectivity index (χ0) is 29.8. The summed E-state index contributed by atoms with van der Waals surface area (Å²) in [6, 6.07) is 18.1. The van der Waals surface area contributed by atoms with Crippen LogP contribution in [0.1, 0.15) is 87.5 Å². The molecule has 40 heavy (non-hydrogen) atoms. The van der Waals surface area contributed by atoms with Gasteiger partial charge >= 0.3 is 0 Å². The highest BCUT2D eigenvalue weighted by Gasteiger charge is 2.30. The number of benzene rings is 3. The summed E-state index contributed by atoms with van der Waals surface area (Å²) in [5.41, 5.74) is 2.91. The van der Waals surface area contributed by atoms with Crippen molar-refractivity contribution in [3.8, 4) is 0 Å². The van der Waals surface area contributed by atoms with Crippen LogP contribution in [-0.4, -0.2) is 23.3 Å². The molecule has 0 heterocycles. The molecule has 0 radical (unpaired) electrons. The van der Waals surface area contributed by atoms with Crippen LogP contribution in [0.4, 0.5) is 5.69 Å². The molecular weight excluding hydrogens is 544 g/mol. The summed E-state index contributed by atoms with van der Waals surface area (Å²) in [5, 5.41) is 11.1. The summed E-state index contributed by atoms with van der Waals surface area (Å²) in [5.74, 6) is -0.734. The molecule has 0 saturated carbocycles. The van der Waals surface area contributed by atoms with Crippen molar-refractivity contribution in [3.05, 3.63) is 112 Å². The van der Waals surface area contributed by atoms with Crippen LogP contribution in [-0.2, 0) is 19.8 Å². The van der Waals surface area contributed by atoms with Crippen LogP contribution in [0, 0.1) is 10.1 Å². The summed E-state index contributed by atoms with van der Waals surface area (Å²) >= 11 is 0. The van der Waals surface area contributed by atoms with E-state index in [-0.39, 0.29) is 34.1 Å². The van der Waals surface area contributed by atoms with Gasteiger partial charge in [-0.25, -0.2) is 4.21 Å². The molecule has 3 aromatic carbocycles. The topological polar surface area (TPSA) is 107 Å². The number of nitro groups is 1. The summed E-state index contributed by atoms with van der Waals surface area (Å²) in [6.07, 6.45) is 1.57. The third-order valence-corrected chi connectivity index (χ3v) is 11.4. The fourth-order valence-corrected chi connectivity index (χ4v) is 9.50. The van der Waals surface area contributed by atoms with E-state index in [9.17, 15) is 22.7 Å². The number of hydrogen-bond donors (Lipinski definition) is 0. The van der Waals surface area contributed by atoms with Crippen LogP contribution in [0.15, 0.2) is 92.9 Å². The molecule has 0 aliphatic rings. The maximum Gasteiger partial charge on any atom is 0.290 e. The zero-order valence-electron chi connectivity index (χ0n) is 23.9. The monoisotopic (exact) mass is 582 g/mol. The number of nitrogens with zero attached hydrogens (tertiary/aromatic N) is 2. The van der Waals surface area contributed by atoms with Crippen LogP contribution in [0.2, 0.25) is 0 Å². The van der Waals surface area contributed by atoms with Crippen LogP contribution >= 0.6 is 0 Å². The molecule has 0 aliphatic carbocycles. The Morgan fingerprint density at radius 2 is 1.35 bits per heavy atom. The number of rotatable bonds is 11. The third kappa shape index (κ3) is 6.88. The van der Waals surface area contributed by atoms with Gasteiger partial charge in [-0.05, 0) is 52.1 Å². The van der Waals surface area contributed by atoms with Gasteiger partial charge in [0.1, 0.15) is 0 Å². The predicted molar refractivity (Wildman–Crippen MR) is 162 cm³/mol. The second-order valence-corrected chi connectivity index (χ2v) is 14.9. The molecule has 214 valence electrons. The van der Waals surface area contributed by atoms with Gasteiger partial charge in [-0.3, -0.25) is 10.1 Å². The molecule has 0 saturated heterocycles. The van der Waals surface area contributed by atoms with Crippen molar-refractivity contribution in [2.45, 2.75) is 75.0 Å². The van der Waals surface area contributed by atoms with E-state index in [1.165, 1.54) is 12.1 Å². The summed E-state index contributed by atoms with van der Waals surface area (Å²) < 4.78 is 47.4. The fraction of sp³-hybridized carbons (Fsp3) is 0.355.